The van der Waals surface area contributed by atoms with E-state index in [-0.39, 0.29) is 28.5 Å². The summed E-state index contributed by atoms with van der Waals surface area (Å²) < 4.78 is 39.5. The molecule has 2 heterocycles. The van der Waals surface area contributed by atoms with E-state index in [9.17, 15) is 22.8 Å². The lowest BCUT2D eigenvalue weighted by molar-refractivity contribution is -0.159. The monoisotopic (exact) mass is 521 g/mol. The summed E-state index contributed by atoms with van der Waals surface area (Å²) in [5.41, 5.74) is 2.70. The van der Waals surface area contributed by atoms with Crippen molar-refractivity contribution in [2.75, 3.05) is 16.8 Å². The van der Waals surface area contributed by atoms with Gasteiger partial charge in [-0.15, -0.1) is 0 Å². The van der Waals surface area contributed by atoms with Crippen molar-refractivity contribution in [2.24, 2.45) is 11.3 Å². The number of carbonyl (C=O) groups excluding carboxylic acids is 2. The molecule has 0 atom stereocenters. The number of amides is 2. The average molecular weight is 522 g/mol. The second kappa shape index (κ2) is 9.63. The second-order valence-corrected chi connectivity index (χ2v) is 10.5. The van der Waals surface area contributed by atoms with Crippen molar-refractivity contribution in [1.82, 2.24) is 9.78 Å². The number of fused-ring (bicyclic) bond motifs is 1. The Hall–Kier alpha value is -4.13. The van der Waals surface area contributed by atoms with Gasteiger partial charge in [-0.05, 0) is 66.5 Å². The number of nitrogens with zero attached hydrogens (tertiary/aromatic N) is 4. The zero-order valence-corrected chi connectivity index (χ0v) is 20.8. The van der Waals surface area contributed by atoms with E-state index in [1.54, 1.807) is 29.2 Å². The Morgan fingerprint density at radius 2 is 1.92 bits per heavy atom. The van der Waals surface area contributed by atoms with Crippen LogP contribution in [-0.4, -0.2) is 34.3 Å². The molecular formula is C28H26F3N5O2. The highest BCUT2D eigenvalue weighted by molar-refractivity contribution is 6.15. The number of hydrogen-bond acceptors (Lipinski definition) is 4. The molecule has 0 radical (unpaired) electrons. The number of aromatic nitrogens is 2. The Morgan fingerprint density at radius 1 is 1.18 bits per heavy atom. The smallest absolute Gasteiger partial charge is 0.322 e. The zero-order valence-electron chi connectivity index (χ0n) is 20.8. The number of hydrogen-bond donors (Lipinski definition) is 1. The number of carbonyl (C=O) groups is 2. The van der Waals surface area contributed by atoms with E-state index in [0.29, 0.717) is 49.3 Å². The molecule has 10 heteroatoms. The fraction of sp³-hybridized carbons (Fsp3) is 0.357. The predicted octanol–water partition coefficient (Wildman–Crippen LogP) is 5.58. The molecule has 0 saturated heterocycles. The lowest BCUT2D eigenvalue weighted by Crippen LogP contribution is -2.41. The molecule has 1 fully saturated rings. The van der Waals surface area contributed by atoms with Gasteiger partial charge in [0.15, 0.2) is 0 Å². The van der Waals surface area contributed by atoms with E-state index in [4.69, 9.17) is 5.26 Å². The first kappa shape index (κ1) is 25.5. The molecule has 1 aliphatic heterocycles. The number of nitrogens with one attached hydrogen (secondary N) is 1. The van der Waals surface area contributed by atoms with Crippen molar-refractivity contribution >= 4 is 23.2 Å². The molecule has 1 N–H and O–H groups in total. The fourth-order valence-electron chi connectivity index (χ4n) is 5.72. The molecule has 196 valence electrons. The van der Waals surface area contributed by atoms with Crippen molar-refractivity contribution in [1.29, 1.82) is 5.26 Å². The molecule has 38 heavy (non-hydrogen) atoms. The van der Waals surface area contributed by atoms with Crippen molar-refractivity contribution in [3.63, 3.8) is 0 Å². The molecule has 5 rings (SSSR count). The highest BCUT2D eigenvalue weighted by atomic mass is 19.4. The first-order valence-electron chi connectivity index (χ1n) is 12.4. The van der Waals surface area contributed by atoms with Crippen molar-refractivity contribution in [2.45, 2.75) is 45.3 Å². The van der Waals surface area contributed by atoms with E-state index >= 15 is 0 Å². The Balaban J connectivity index is 1.26. The third-order valence-electron chi connectivity index (χ3n) is 7.28. The van der Waals surface area contributed by atoms with Gasteiger partial charge < -0.3 is 10.2 Å². The molecule has 0 bridgehead atoms. The molecule has 2 amide bonds. The van der Waals surface area contributed by atoms with Crippen LogP contribution >= 0.6 is 0 Å². The summed E-state index contributed by atoms with van der Waals surface area (Å²) in [6.45, 7) is 2.82. The Kier molecular flexibility index (Phi) is 6.47. The summed E-state index contributed by atoms with van der Waals surface area (Å²) in [6.07, 6.45) is -1.69. The number of anilines is 2. The quantitative estimate of drug-likeness (QED) is 0.459. The van der Waals surface area contributed by atoms with Crippen LogP contribution in [0.4, 0.5) is 24.5 Å². The van der Waals surface area contributed by atoms with Crippen LogP contribution in [0.1, 0.15) is 58.2 Å². The van der Waals surface area contributed by atoms with Crippen LogP contribution in [0.3, 0.4) is 0 Å². The maximum atomic E-state index is 13.4. The third kappa shape index (κ3) is 5.28. The van der Waals surface area contributed by atoms with E-state index < -0.39 is 18.5 Å². The topological polar surface area (TPSA) is 91.0 Å². The van der Waals surface area contributed by atoms with Gasteiger partial charge in [0.1, 0.15) is 5.69 Å². The predicted molar refractivity (Wildman–Crippen MR) is 135 cm³/mol. The minimum Gasteiger partial charge on any atom is -0.322 e. The second-order valence-electron chi connectivity index (χ2n) is 10.5. The summed E-state index contributed by atoms with van der Waals surface area (Å²) >= 11 is 0. The number of rotatable bonds is 6. The first-order valence-corrected chi connectivity index (χ1v) is 12.4. The van der Waals surface area contributed by atoms with Crippen LogP contribution < -0.4 is 10.2 Å². The first-order chi connectivity index (χ1) is 18.0. The average Bonchev–Trinajstić information content (AvgIpc) is 3.28. The minimum absolute atomic E-state index is 0.144. The Bertz CT molecular complexity index is 1420. The van der Waals surface area contributed by atoms with E-state index in [1.807, 2.05) is 37.3 Å². The molecule has 2 aliphatic rings. The van der Waals surface area contributed by atoms with E-state index in [0.717, 1.165) is 5.56 Å². The number of benzene rings is 2. The summed E-state index contributed by atoms with van der Waals surface area (Å²) in [4.78, 5) is 28.0. The van der Waals surface area contributed by atoms with Crippen molar-refractivity contribution < 1.29 is 22.8 Å². The fourth-order valence-corrected chi connectivity index (χ4v) is 5.72. The van der Waals surface area contributed by atoms with E-state index in [1.165, 1.54) is 10.9 Å². The summed E-state index contributed by atoms with van der Waals surface area (Å²) in [5.74, 6) is -1.15. The minimum atomic E-state index is -4.12. The van der Waals surface area contributed by atoms with Gasteiger partial charge in [0.05, 0.1) is 29.9 Å². The highest BCUT2D eigenvalue weighted by Gasteiger charge is 2.45. The maximum Gasteiger partial charge on any atom is 0.389 e. The van der Waals surface area contributed by atoms with Crippen LogP contribution in [0.25, 0.3) is 0 Å². The maximum absolute atomic E-state index is 13.4. The van der Waals surface area contributed by atoms with Crippen molar-refractivity contribution in [3.8, 4) is 6.07 Å². The van der Waals surface area contributed by atoms with Gasteiger partial charge in [-0.2, -0.15) is 23.5 Å². The summed E-state index contributed by atoms with van der Waals surface area (Å²) in [7, 11) is 0. The number of nitriles is 1. The molecule has 2 aromatic carbocycles. The third-order valence-corrected chi connectivity index (χ3v) is 7.28. The van der Waals surface area contributed by atoms with Gasteiger partial charge in [0.2, 0.25) is 0 Å². The lowest BCUT2D eigenvalue weighted by Gasteiger charge is -2.46. The lowest BCUT2D eigenvalue weighted by atomic mass is 9.59. The van der Waals surface area contributed by atoms with Gasteiger partial charge in [-0.25, -0.2) is 0 Å². The van der Waals surface area contributed by atoms with Gasteiger partial charge in [0, 0.05) is 24.3 Å². The van der Waals surface area contributed by atoms with Crippen LogP contribution in [0.15, 0.2) is 54.7 Å². The molecule has 1 aromatic heterocycles. The SMILES string of the molecule is CC1(Cc2ccc(N3CCn4ncc(C(=O)Nc5cccc(C#N)c5)c4C3=O)cc2)CC(CC(F)(F)F)C1. The van der Waals surface area contributed by atoms with Crippen LogP contribution in [-0.2, 0) is 13.0 Å². The standard InChI is InChI=1S/C28H26F3N5O2/c1-27(13-20(14-27)15-28(29,30)31)12-18-5-7-22(8-6-18)35-9-10-36-24(26(35)38)23(17-33-36)25(37)34-21-4-2-3-19(11-21)16-32/h2-8,11,17,20H,9-10,12-15H2,1H3,(H,34,37). The van der Waals surface area contributed by atoms with Crippen LogP contribution in [0.5, 0.6) is 0 Å². The highest BCUT2D eigenvalue weighted by Crippen LogP contribution is 2.51. The Labute approximate surface area is 217 Å². The molecule has 1 aliphatic carbocycles. The van der Waals surface area contributed by atoms with Crippen molar-refractivity contribution in [3.05, 3.63) is 77.1 Å². The molecule has 3 aromatic rings. The normalized spacial score (nSPS) is 20.9. The van der Waals surface area contributed by atoms with Gasteiger partial charge in [-0.3, -0.25) is 14.3 Å². The molecule has 0 spiro atoms. The molecule has 0 unspecified atom stereocenters. The molecule has 7 nitrogen and oxygen atoms in total. The molecular weight excluding hydrogens is 495 g/mol. The van der Waals surface area contributed by atoms with E-state index in [2.05, 4.69) is 10.4 Å². The Morgan fingerprint density at radius 3 is 2.61 bits per heavy atom. The largest absolute Gasteiger partial charge is 0.389 e. The number of alkyl halides is 3. The van der Waals surface area contributed by atoms with Gasteiger partial charge >= 0.3 is 6.18 Å². The summed E-state index contributed by atoms with van der Waals surface area (Å²) in [6, 6.07) is 16.0. The van der Waals surface area contributed by atoms with Gasteiger partial charge in [0.25, 0.3) is 11.8 Å². The summed E-state index contributed by atoms with van der Waals surface area (Å²) in [5, 5.41) is 16.0. The number of halogens is 3. The molecule has 1 saturated carbocycles. The zero-order chi connectivity index (χ0) is 27.1. The van der Waals surface area contributed by atoms with Gasteiger partial charge in [-0.1, -0.05) is 25.1 Å². The van der Waals surface area contributed by atoms with Crippen LogP contribution in [0, 0.1) is 22.7 Å². The van der Waals surface area contributed by atoms with Crippen LogP contribution in [0.2, 0.25) is 0 Å².